The number of carbonyl (C=O) groups is 1. The van der Waals surface area contributed by atoms with Gasteiger partial charge in [0, 0.05) is 29.8 Å². The number of rotatable bonds is 6. The molecule has 21 heavy (non-hydrogen) atoms. The highest BCUT2D eigenvalue weighted by Crippen LogP contribution is 2.18. The van der Waals surface area contributed by atoms with E-state index in [9.17, 15) is 14.9 Å². The fourth-order valence-corrected chi connectivity index (χ4v) is 2.19. The van der Waals surface area contributed by atoms with Crippen LogP contribution in [0.3, 0.4) is 0 Å². The van der Waals surface area contributed by atoms with Crippen molar-refractivity contribution in [3.63, 3.8) is 0 Å². The summed E-state index contributed by atoms with van der Waals surface area (Å²) in [6, 6.07) is 5.67. The molecule has 0 heterocycles. The summed E-state index contributed by atoms with van der Waals surface area (Å²) in [6.45, 7) is 6.29. The molecule has 3 N–H and O–H groups in total. The molecule has 0 saturated carbocycles. The molecule has 0 aliphatic rings. The van der Waals surface area contributed by atoms with Crippen LogP contribution in [0.2, 0.25) is 0 Å². The first kappa shape index (κ1) is 19.3. The molecular formula is C14H22ClN3O3. The third-order valence-electron chi connectivity index (χ3n) is 3.04. The Morgan fingerprint density at radius 2 is 2.10 bits per heavy atom. The van der Waals surface area contributed by atoms with Crippen molar-refractivity contribution >= 4 is 24.0 Å². The van der Waals surface area contributed by atoms with Gasteiger partial charge in [0.25, 0.3) is 11.6 Å². The molecule has 1 atom stereocenters. The Morgan fingerprint density at radius 3 is 2.57 bits per heavy atom. The quantitative estimate of drug-likeness (QED) is 0.622. The van der Waals surface area contributed by atoms with E-state index in [-0.39, 0.29) is 29.6 Å². The molecular weight excluding hydrogens is 294 g/mol. The average Bonchev–Trinajstić information content (AvgIpc) is 2.37. The van der Waals surface area contributed by atoms with Gasteiger partial charge in [0.05, 0.1) is 4.92 Å². The van der Waals surface area contributed by atoms with E-state index in [0.717, 1.165) is 6.42 Å². The van der Waals surface area contributed by atoms with Gasteiger partial charge in [-0.25, -0.2) is 0 Å². The van der Waals surface area contributed by atoms with Crippen molar-refractivity contribution in [2.24, 2.45) is 11.7 Å². The molecule has 0 aliphatic heterocycles. The van der Waals surface area contributed by atoms with Gasteiger partial charge in [-0.05, 0) is 25.3 Å². The Kier molecular flexibility index (Phi) is 7.32. The van der Waals surface area contributed by atoms with Crippen molar-refractivity contribution < 1.29 is 9.72 Å². The van der Waals surface area contributed by atoms with Gasteiger partial charge < -0.3 is 11.1 Å². The zero-order valence-corrected chi connectivity index (χ0v) is 13.3. The summed E-state index contributed by atoms with van der Waals surface area (Å²) in [5, 5.41) is 13.6. The van der Waals surface area contributed by atoms with Crippen molar-refractivity contribution in [3.05, 3.63) is 39.9 Å². The highest BCUT2D eigenvalue weighted by atomic mass is 35.5. The first-order valence-electron chi connectivity index (χ1n) is 6.54. The number of amides is 1. The van der Waals surface area contributed by atoms with E-state index in [1.807, 2.05) is 20.8 Å². The van der Waals surface area contributed by atoms with Crippen LogP contribution in [0.5, 0.6) is 0 Å². The van der Waals surface area contributed by atoms with E-state index < -0.39 is 10.5 Å². The van der Waals surface area contributed by atoms with Crippen molar-refractivity contribution in [1.82, 2.24) is 5.32 Å². The maximum Gasteiger partial charge on any atom is 0.270 e. The Bertz CT molecular complexity index is 508. The smallest absolute Gasteiger partial charge is 0.270 e. The fraction of sp³-hybridized carbons (Fsp3) is 0.500. The Labute approximate surface area is 130 Å². The van der Waals surface area contributed by atoms with Crippen LogP contribution in [0.25, 0.3) is 0 Å². The molecule has 7 heteroatoms. The molecule has 0 saturated heterocycles. The summed E-state index contributed by atoms with van der Waals surface area (Å²) in [6.07, 6.45) is 0.740. The summed E-state index contributed by atoms with van der Waals surface area (Å²) in [7, 11) is 0. The number of halogens is 1. The van der Waals surface area contributed by atoms with E-state index in [2.05, 4.69) is 5.32 Å². The summed E-state index contributed by atoms with van der Waals surface area (Å²) >= 11 is 0. The lowest BCUT2D eigenvalue weighted by atomic mass is 9.90. The third-order valence-corrected chi connectivity index (χ3v) is 3.04. The SMILES string of the molecule is CC(C)CC(C)(CN)NC(=O)c1cccc([N+](=O)[O-])c1.Cl. The minimum Gasteiger partial charge on any atom is -0.346 e. The maximum absolute atomic E-state index is 12.2. The standard InChI is InChI=1S/C14H21N3O3.ClH/c1-10(2)8-14(3,9-15)16-13(18)11-5-4-6-12(7-11)17(19)20;/h4-7,10H,8-9,15H2,1-3H3,(H,16,18);1H. The first-order valence-corrected chi connectivity index (χ1v) is 6.54. The molecule has 0 aliphatic carbocycles. The van der Waals surface area contributed by atoms with Crippen LogP contribution in [0.1, 0.15) is 37.6 Å². The topological polar surface area (TPSA) is 98.3 Å². The number of hydrogen-bond acceptors (Lipinski definition) is 4. The van der Waals surface area contributed by atoms with Crippen LogP contribution in [0.4, 0.5) is 5.69 Å². The summed E-state index contributed by atoms with van der Waals surface area (Å²) in [5.41, 5.74) is 5.38. The fourth-order valence-electron chi connectivity index (χ4n) is 2.19. The van der Waals surface area contributed by atoms with E-state index in [1.165, 1.54) is 18.2 Å². The van der Waals surface area contributed by atoms with Crippen molar-refractivity contribution in [2.45, 2.75) is 32.7 Å². The van der Waals surface area contributed by atoms with Gasteiger partial charge in [-0.3, -0.25) is 14.9 Å². The first-order chi connectivity index (χ1) is 9.27. The Balaban J connectivity index is 0.00000400. The van der Waals surface area contributed by atoms with Crippen LogP contribution in [0.15, 0.2) is 24.3 Å². The second-order valence-electron chi connectivity index (χ2n) is 5.62. The van der Waals surface area contributed by atoms with Gasteiger partial charge in [0.2, 0.25) is 0 Å². The lowest BCUT2D eigenvalue weighted by Crippen LogP contribution is -2.52. The van der Waals surface area contributed by atoms with Crippen molar-refractivity contribution in [2.75, 3.05) is 6.54 Å². The summed E-state index contributed by atoms with van der Waals surface area (Å²) < 4.78 is 0. The van der Waals surface area contributed by atoms with Gasteiger partial charge >= 0.3 is 0 Å². The zero-order valence-electron chi connectivity index (χ0n) is 12.5. The van der Waals surface area contributed by atoms with Crippen LogP contribution in [-0.4, -0.2) is 22.9 Å². The molecule has 1 rings (SSSR count). The number of benzene rings is 1. The van der Waals surface area contributed by atoms with E-state index >= 15 is 0 Å². The van der Waals surface area contributed by atoms with Crippen LogP contribution < -0.4 is 11.1 Å². The summed E-state index contributed by atoms with van der Waals surface area (Å²) in [5.74, 6) is 0.0382. The van der Waals surface area contributed by atoms with Crippen LogP contribution >= 0.6 is 12.4 Å². The van der Waals surface area contributed by atoms with Crippen molar-refractivity contribution in [1.29, 1.82) is 0 Å². The van der Waals surface area contributed by atoms with Crippen LogP contribution in [0, 0.1) is 16.0 Å². The van der Waals surface area contributed by atoms with E-state index in [0.29, 0.717) is 12.5 Å². The predicted molar refractivity (Wildman–Crippen MR) is 84.7 cm³/mol. The zero-order chi connectivity index (χ0) is 15.3. The second-order valence-corrected chi connectivity index (χ2v) is 5.62. The van der Waals surface area contributed by atoms with Crippen LogP contribution in [-0.2, 0) is 0 Å². The number of hydrogen-bond donors (Lipinski definition) is 2. The Hall–Kier alpha value is -1.66. The molecule has 6 nitrogen and oxygen atoms in total. The number of nitrogens with two attached hydrogens (primary N) is 1. The lowest BCUT2D eigenvalue weighted by molar-refractivity contribution is -0.384. The van der Waals surface area contributed by atoms with Gasteiger partial charge in [-0.2, -0.15) is 0 Å². The molecule has 1 aromatic rings. The lowest BCUT2D eigenvalue weighted by Gasteiger charge is -2.31. The normalized spacial score (nSPS) is 13.2. The van der Waals surface area contributed by atoms with E-state index in [4.69, 9.17) is 5.73 Å². The second kappa shape index (κ2) is 7.95. The number of nitro groups is 1. The van der Waals surface area contributed by atoms with Gasteiger partial charge in [0.15, 0.2) is 0 Å². The number of nitrogens with zero attached hydrogens (tertiary/aromatic N) is 1. The molecule has 0 fully saturated rings. The molecule has 0 bridgehead atoms. The molecule has 1 amide bonds. The van der Waals surface area contributed by atoms with Crippen molar-refractivity contribution in [3.8, 4) is 0 Å². The number of carbonyl (C=O) groups excluding carboxylic acids is 1. The predicted octanol–water partition coefficient (Wildman–Crippen LogP) is 2.51. The monoisotopic (exact) mass is 315 g/mol. The minimum absolute atomic E-state index is 0. The highest BCUT2D eigenvalue weighted by Gasteiger charge is 2.26. The highest BCUT2D eigenvalue weighted by molar-refractivity contribution is 5.95. The number of nitrogens with one attached hydrogen (secondary N) is 1. The number of nitro benzene ring substituents is 1. The maximum atomic E-state index is 12.2. The van der Waals surface area contributed by atoms with Gasteiger partial charge in [-0.15, -0.1) is 12.4 Å². The molecule has 118 valence electrons. The van der Waals surface area contributed by atoms with Gasteiger partial charge in [-0.1, -0.05) is 19.9 Å². The molecule has 1 unspecified atom stereocenters. The minimum atomic E-state index is -0.521. The summed E-state index contributed by atoms with van der Waals surface area (Å²) in [4.78, 5) is 22.4. The number of non-ortho nitro benzene ring substituents is 1. The molecule has 1 aromatic carbocycles. The average molecular weight is 316 g/mol. The molecule has 0 aromatic heterocycles. The Morgan fingerprint density at radius 1 is 1.48 bits per heavy atom. The van der Waals surface area contributed by atoms with E-state index in [1.54, 1.807) is 6.07 Å². The van der Waals surface area contributed by atoms with Gasteiger partial charge in [0.1, 0.15) is 0 Å². The molecule has 0 radical (unpaired) electrons. The third kappa shape index (κ3) is 5.69. The molecule has 0 spiro atoms. The largest absolute Gasteiger partial charge is 0.346 e.